The van der Waals surface area contributed by atoms with E-state index in [1.807, 2.05) is 0 Å². The molecule has 1 N–H and O–H groups in total. The van der Waals surface area contributed by atoms with Crippen LogP contribution in [0.2, 0.25) is 0 Å². The Morgan fingerprint density at radius 3 is 2.68 bits per heavy atom. The molecular weight excluding hydrogens is 294 g/mol. The third-order valence-corrected chi connectivity index (χ3v) is 2.71. The summed E-state index contributed by atoms with van der Waals surface area (Å²) < 4.78 is 27.9. The molecule has 0 spiro atoms. The van der Waals surface area contributed by atoms with Gasteiger partial charge in [0.1, 0.15) is 24.3 Å². The molecule has 1 aromatic carbocycles. The van der Waals surface area contributed by atoms with Gasteiger partial charge in [-0.3, -0.25) is 4.79 Å². The van der Waals surface area contributed by atoms with Crippen molar-refractivity contribution in [3.8, 4) is 5.82 Å². The van der Waals surface area contributed by atoms with Crippen LogP contribution in [0, 0.1) is 11.6 Å². The van der Waals surface area contributed by atoms with E-state index in [0.717, 1.165) is 18.2 Å². The molecule has 0 unspecified atom stereocenters. The Labute approximate surface area is 122 Å². The Morgan fingerprint density at radius 1 is 1.14 bits per heavy atom. The van der Waals surface area contributed by atoms with Crippen LogP contribution in [0.1, 0.15) is 10.5 Å². The van der Waals surface area contributed by atoms with Crippen LogP contribution in [0.4, 0.5) is 14.5 Å². The summed E-state index contributed by atoms with van der Waals surface area (Å²) in [4.78, 5) is 15.7. The topological polar surface area (TPSA) is 85.6 Å². The monoisotopic (exact) mass is 302 g/mol. The SMILES string of the molecule is O=C(Nc1cc(F)ccc1F)c1ccc(-n2cncn2)nn1. The summed E-state index contributed by atoms with van der Waals surface area (Å²) in [5, 5.41) is 13.6. The standard InChI is InChI=1S/C13H8F2N6O/c14-8-1-2-9(15)11(5-8)18-13(22)10-3-4-12(20-19-10)21-7-16-6-17-21/h1-7H,(H,18,22). The number of amides is 1. The Balaban J connectivity index is 1.79. The number of benzene rings is 1. The van der Waals surface area contributed by atoms with Crippen LogP contribution < -0.4 is 5.32 Å². The van der Waals surface area contributed by atoms with E-state index in [4.69, 9.17) is 0 Å². The number of nitrogens with zero attached hydrogens (tertiary/aromatic N) is 5. The quantitative estimate of drug-likeness (QED) is 0.794. The molecule has 2 aromatic heterocycles. The number of hydrogen-bond donors (Lipinski definition) is 1. The highest BCUT2D eigenvalue weighted by Gasteiger charge is 2.12. The van der Waals surface area contributed by atoms with Gasteiger partial charge in [-0.25, -0.2) is 18.4 Å². The van der Waals surface area contributed by atoms with Crippen molar-refractivity contribution >= 4 is 11.6 Å². The molecule has 0 radical (unpaired) electrons. The normalized spacial score (nSPS) is 10.5. The van der Waals surface area contributed by atoms with Crippen molar-refractivity contribution in [1.29, 1.82) is 0 Å². The maximum Gasteiger partial charge on any atom is 0.276 e. The lowest BCUT2D eigenvalue weighted by molar-refractivity contribution is 0.102. The summed E-state index contributed by atoms with van der Waals surface area (Å²) in [6.07, 6.45) is 2.75. The van der Waals surface area contributed by atoms with E-state index < -0.39 is 17.5 Å². The highest BCUT2D eigenvalue weighted by atomic mass is 19.1. The van der Waals surface area contributed by atoms with E-state index in [9.17, 15) is 13.6 Å². The molecule has 0 atom stereocenters. The summed E-state index contributed by atoms with van der Waals surface area (Å²) >= 11 is 0. The molecule has 0 bridgehead atoms. The van der Waals surface area contributed by atoms with E-state index in [-0.39, 0.29) is 11.4 Å². The lowest BCUT2D eigenvalue weighted by atomic mass is 10.2. The number of halogens is 2. The maximum atomic E-state index is 13.5. The Hall–Kier alpha value is -3.23. The van der Waals surface area contributed by atoms with Gasteiger partial charge in [-0.05, 0) is 24.3 Å². The van der Waals surface area contributed by atoms with Crippen LogP contribution >= 0.6 is 0 Å². The average Bonchev–Trinajstić information content (AvgIpc) is 3.05. The zero-order valence-corrected chi connectivity index (χ0v) is 10.9. The third kappa shape index (κ3) is 2.77. The van der Waals surface area contributed by atoms with Crippen LogP contribution in [-0.2, 0) is 0 Å². The van der Waals surface area contributed by atoms with Crippen LogP contribution in [0.3, 0.4) is 0 Å². The minimum Gasteiger partial charge on any atom is -0.318 e. The lowest BCUT2D eigenvalue weighted by Crippen LogP contribution is -2.16. The van der Waals surface area contributed by atoms with Crippen LogP contribution in [-0.4, -0.2) is 30.9 Å². The molecule has 9 heteroatoms. The molecule has 0 fully saturated rings. The molecule has 0 aliphatic carbocycles. The van der Waals surface area contributed by atoms with Crippen molar-refractivity contribution in [3.05, 3.63) is 60.3 Å². The van der Waals surface area contributed by atoms with Crippen LogP contribution in [0.5, 0.6) is 0 Å². The van der Waals surface area contributed by atoms with Gasteiger partial charge in [0.2, 0.25) is 0 Å². The second-order valence-corrected chi connectivity index (χ2v) is 4.20. The molecule has 0 aliphatic heterocycles. The number of rotatable bonds is 3. The van der Waals surface area contributed by atoms with E-state index in [0.29, 0.717) is 5.82 Å². The molecule has 3 rings (SSSR count). The fourth-order valence-electron chi connectivity index (χ4n) is 1.67. The summed E-state index contributed by atoms with van der Waals surface area (Å²) in [5.41, 5.74) is -0.320. The molecule has 0 saturated carbocycles. The van der Waals surface area contributed by atoms with E-state index in [2.05, 4.69) is 25.6 Å². The third-order valence-electron chi connectivity index (χ3n) is 2.71. The minimum atomic E-state index is -0.748. The number of hydrogen-bond acceptors (Lipinski definition) is 5. The van der Waals surface area contributed by atoms with Crippen molar-refractivity contribution in [2.45, 2.75) is 0 Å². The lowest BCUT2D eigenvalue weighted by Gasteiger charge is -2.06. The smallest absolute Gasteiger partial charge is 0.276 e. The molecule has 0 aliphatic rings. The fraction of sp³-hybridized carbons (Fsp3) is 0. The van der Waals surface area contributed by atoms with Gasteiger partial charge in [-0.1, -0.05) is 0 Å². The Bertz CT molecular complexity index is 804. The van der Waals surface area contributed by atoms with Crippen molar-refractivity contribution < 1.29 is 13.6 Å². The highest BCUT2D eigenvalue weighted by Crippen LogP contribution is 2.16. The maximum absolute atomic E-state index is 13.5. The number of carbonyl (C=O) groups is 1. The van der Waals surface area contributed by atoms with Crippen molar-refractivity contribution in [1.82, 2.24) is 25.0 Å². The second-order valence-electron chi connectivity index (χ2n) is 4.20. The molecule has 3 aromatic rings. The molecular formula is C13H8F2N6O. The van der Waals surface area contributed by atoms with Gasteiger partial charge >= 0.3 is 0 Å². The Kier molecular flexibility index (Phi) is 3.52. The van der Waals surface area contributed by atoms with Gasteiger partial charge in [-0.2, -0.15) is 5.10 Å². The number of carbonyl (C=O) groups excluding carboxylic acids is 1. The summed E-state index contributed by atoms with van der Waals surface area (Å²) in [6, 6.07) is 5.64. The van der Waals surface area contributed by atoms with E-state index in [1.54, 1.807) is 0 Å². The average molecular weight is 302 g/mol. The predicted molar refractivity (Wildman–Crippen MR) is 71.3 cm³/mol. The molecule has 22 heavy (non-hydrogen) atoms. The first-order valence-electron chi connectivity index (χ1n) is 6.08. The summed E-state index contributed by atoms with van der Waals surface area (Å²) in [6.45, 7) is 0. The molecule has 0 saturated heterocycles. The largest absolute Gasteiger partial charge is 0.318 e. The minimum absolute atomic E-state index is 0.0486. The molecule has 110 valence electrons. The first kappa shape index (κ1) is 13.7. The zero-order valence-electron chi connectivity index (χ0n) is 10.9. The van der Waals surface area contributed by atoms with Gasteiger partial charge in [0, 0.05) is 6.07 Å². The van der Waals surface area contributed by atoms with Crippen molar-refractivity contribution in [2.75, 3.05) is 5.32 Å². The van der Waals surface area contributed by atoms with Gasteiger partial charge in [0.15, 0.2) is 11.5 Å². The van der Waals surface area contributed by atoms with Gasteiger partial charge in [0.25, 0.3) is 5.91 Å². The zero-order chi connectivity index (χ0) is 15.5. The number of aromatic nitrogens is 5. The summed E-state index contributed by atoms with van der Waals surface area (Å²) in [7, 11) is 0. The first-order valence-corrected chi connectivity index (χ1v) is 6.08. The number of nitrogens with one attached hydrogen (secondary N) is 1. The van der Waals surface area contributed by atoms with Crippen LogP contribution in [0.15, 0.2) is 43.0 Å². The van der Waals surface area contributed by atoms with E-state index in [1.165, 1.54) is 29.5 Å². The molecule has 2 heterocycles. The Morgan fingerprint density at radius 2 is 2.00 bits per heavy atom. The van der Waals surface area contributed by atoms with Crippen molar-refractivity contribution in [2.24, 2.45) is 0 Å². The second kappa shape index (κ2) is 5.64. The predicted octanol–water partition coefficient (Wildman–Crippen LogP) is 1.59. The van der Waals surface area contributed by atoms with Gasteiger partial charge in [-0.15, -0.1) is 10.2 Å². The van der Waals surface area contributed by atoms with Gasteiger partial charge in [0.05, 0.1) is 5.69 Å². The number of anilines is 1. The van der Waals surface area contributed by atoms with E-state index >= 15 is 0 Å². The first-order chi connectivity index (χ1) is 10.6. The van der Waals surface area contributed by atoms with Crippen LogP contribution in [0.25, 0.3) is 5.82 Å². The molecule has 1 amide bonds. The van der Waals surface area contributed by atoms with Gasteiger partial charge < -0.3 is 5.32 Å². The fourth-order valence-corrected chi connectivity index (χ4v) is 1.67. The highest BCUT2D eigenvalue weighted by molar-refractivity contribution is 6.02. The molecule has 7 nitrogen and oxygen atoms in total. The van der Waals surface area contributed by atoms with Crippen molar-refractivity contribution in [3.63, 3.8) is 0 Å². The summed E-state index contributed by atoms with van der Waals surface area (Å²) in [5.74, 6) is -1.75.